The first kappa shape index (κ1) is 20.7. The Balaban J connectivity index is 1.38. The van der Waals surface area contributed by atoms with Crippen LogP contribution in [0.25, 0.3) is 0 Å². The SMILES string of the molecule is CNC(=O)c1ccc(N2CCN(Cc3ccnc(Nc4ncc[nH]4)c3F)CC2)c(C)n1. The lowest BCUT2D eigenvalue weighted by Gasteiger charge is -2.36. The summed E-state index contributed by atoms with van der Waals surface area (Å²) in [6.45, 7) is 5.59. The number of carbonyl (C=O) groups excluding carboxylic acids is 1. The largest absolute Gasteiger partial charge is 0.368 e. The van der Waals surface area contributed by atoms with Crippen molar-refractivity contribution in [3.05, 3.63) is 59.6 Å². The van der Waals surface area contributed by atoms with Crippen LogP contribution >= 0.6 is 0 Å². The van der Waals surface area contributed by atoms with Gasteiger partial charge in [-0.25, -0.2) is 19.3 Å². The number of pyridine rings is 2. The first-order valence-corrected chi connectivity index (χ1v) is 10.1. The summed E-state index contributed by atoms with van der Waals surface area (Å²) in [5.41, 5.74) is 2.84. The number of anilines is 3. The number of carbonyl (C=O) groups is 1. The molecule has 1 amide bonds. The second-order valence-corrected chi connectivity index (χ2v) is 7.34. The van der Waals surface area contributed by atoms with E-state index in [1.165, 1.54) is 0 Å². The van der Waals surface area contributed by atoms with Crippen LogP contribution in [0, 0.1) is 12.7 Å². The molecule has 162 valence electrons. The van der Waals surface area contributed by atoms with Gasteiger partial charge in [-0.1, -0.05) is 0 Å². The van der Waals surface area contributed by atoms with E-state index in [9.17, 15) is 9.18 Å². The van der Waals surface area contributed by atoms with Gasteiger partial charge in [0.15, 0.2) is 11.6 Å². The van der Waals surface area contributed by atoms with Crippen molar-refractivity contribution in [2.75, 3.05) is 43.4 Å². The molecule has 3 aromatic rings. The summed E-state index contributed by atoms with van der Waals surface area (Å²) in [6.07, 6.45) is 4.85. The smallest absolute Gasteiger partial charge is 0.269 e. The Labute approximate surface area is 179 Å². The van der Waals surface area contributed by atoms with E-state index in [1.54, 1.807) is 37.8 Å². The fraction of sp³-hybridized carbons (Fsp3) is 0.333. The van der Waals surface area contributed by atoms with E-state index in [2.05, 4.69) is 40.4 Å². The number of hydrogen-bond acceptors (Lipinski definition) is 7. The number of amides is 1. The van der Waals surface area contributed by atoms with Crippen LogP contribution in [0.2, 0.25) is 0 Å². The van der Waals surface area contributed by atoms with Crippen LogP contribution in [0.5, 0.6) is 0 Å². The van der Waals surface area contributed by atoms with Crippen molar-refractivity contribution in [1.29, 1.82) is 0 Å². The minimum absolute atomic E-state index is 0.156. The Kier molecular flexibility index (Phi) is 6.08. The highest BCUT2D eigenvalue weighted by Gasteiger charge is 2.21. The second-order valence-electron chi connectivity index (χ2n) is 7.34. The quantitative estimate of drug-likeness (QED) is 0.557. The maximum Gasteiger partial charge on any atom is 0.269 e. The van der Waals surface area contributed by atoms with Crippen molar-refractivity contribution in [1.82, 2.24) is 30.2 Å². The van der Waals surface area contributed by atoms with Crippen LogP contribution < -0.4 is 15.5 Å². The third kappa shape index (κ3) is 4.64. The third-order valence-electron chi connectivity index (χ3n) is 5.33. The fourth-order valence-corrected chi connectivity index (χ4v) is 3.67. The molecule has 0 spiro atoms. The highest BCUT2D eigenvalue weighted by atomic mass is 19.1. The van der Waals surface area contributed by atoms with E-state index in [1.807, 2.05) is 13.0 Å². The molecule has 9 nitrogen and oxygen atoms in total. The summed E-state index contributed by atoms with van der Waals surface area (Å²) in [4.78, 5) is 31.7. The molecule has 0 aromatic carbocycles. The van der Waals surface area contributed by atoms with Crippen LogP contribution in [-0.4, -0.2) is 64.0 Å². The number of nitrogens with one attached hydrogen (secondary N) is 3. The van der Waals surface area contributed by atoms with E-state index >= 15 is 0 Å². The van der Waals surface area contributed by atoms with E-state index in [0.717, 1.165) is 37.6 Å². The van der Waals surface area contributed by atoms with Gasteiger partial charge in [-0.05, 0) is 25.1 Å². The predicted molar refractivity (Wildman–Crippen MR) is 116 cm³/mol. The topological polar surface area (TPSA) is 102 Å². The van der Waals surface area contributed by atoms with Crippen LogP contribution in [0.4, 0.5) is 21.8 Å². The van der Waals surface area contributed by atoms with Gasteiger partial charge in [0, 0.05) is 63.9 Å². The number of aromatic nitrogens is 4. The number of aryl methyl sites for hydroxylation is 1. The summed E-state index contributed by atoms with van der Waals surface area (Å²) in [5, 5.41) is 5.46. The van der Waals surface area contributed by atoms with Gasteiger partial charge in [0.1, 0.15) is 5.69 Å². The molecule has 1 aliphatic rings. The van der Waals surface area contributed by atoms with Crippen LogP contribution in [-0.2, 0) is 6.54 Å². The lowest BCUT2D eigenvalue weighted by molar-refractivity contribution is 0.0958. The Morgan fingerprint density at radius 1 is 1.16 bits per heavy atom. The number of rotatable bonds is 6. The minimum atomic E-state index is -0.369. The van der Waals surface area contributed by atoms with Crippen LogP contribution in [0.3, 0.4) is 0 Å². The Morgan fingerprint density at radius 2 is 1.97 bits per heavy atom. The Hall–Kier alpha value is -3.53. The molecule has 3 aromatic heterocycles. The maximum absolute atomic E-state index is 14.9. The number of aromatic amines is 1. The Morgan fingerprint density at radius 3 is 2.65 bits per heavy atom. The molecule has 1 aliphatic heterocycles. The lowest BCUT2D eigenvalue weighted by atomic mass is 10.2. The molecule has 1 fully saturated rings. The third-order valence-corrected chi connectivity index (χ3v) is 5.33. The van der Waals surface area contributed by atoms with E-state index in [0.29, 0.717) is 23.8 Å². The molecular weight excluding hydrogens is 399 g/mol. The molecule has 0 aliphatic carbocycles. The molecule has 0 radical (unpaired) electrons. The number of piperazine rings is 1. The first-order chi connectivity index (χ1) is 15.0. The fourth-order valence-electron chi connectivity index (χ4n) is 3.67. The van der Waals surface area contributed by atoms with Crippen molar-refractivity contribution in [3.63, 3.8) is 0 Å². The van der Waals surface area contributed by atoms with Crippen molar-refractivity contribution < 1.29 is 9.18 Å². The van der Waals surface area contributed by atoms with Crippen molar-refractivity contribution in [2.24, 2.45) is 0 Å². The van der Waals surface area contributed by atoms with Gasteiger partial charge in [0.05, 0.1) is 11.4 Å². The normalized spacial score (nSPS) is 14.5. The zero-order valence-corrected chi connectivity index (χ0v) is 17.5. The summed E-state index contributed by atoms with van der Waals surface area (Å²) in [7, 11) is 1.59. The van der Waals surface area contributed by atoms with E-state index < -0.39 is 0 Å². The highest BCUT2D eigenvalue weighted by molar-refractivity contribution is 5.92. The van der Waals surface area contributed by atoms with Gasteiger partial charge < -0.3 is 20.5 Å². The monoisotopic (exact) mass is 424 g/mol. The lowest BCUT2D eigenvalue weighted by Crippen LogP contribution is -2.46. The molecule has 4 rings (SSSR count). The summed E-state index contributed by atoms with van der Waals surface area (Å²) in [6, 6.07) is 5.39. The standard InChI is InChI=1S/C21H25FN8O/c1-14-17(4-3-16(27-14)20(31)23-2)30-11-9-29(10-12-30)13-15-5-6-24-19(18(15)22)28-21-25-7-8-26-21/h3-8H,9-13H2,1-2H3,(H,23,31)(H2,24,25,26,28). The highest BCUT2D eigenvalue weighted by Crippen LogP contribution is 2.23. The second kappa shape index (κ2) is 9.09. The summed E-state index contributed by atoms with van der Waals surface area (Å²) < 4.78 is 14.9. The van der Waals surface area contributed by atoms with Crippen molar-refractivity contribution in [3.8, 4) is 0 Å². The maximum atomic E-state index is 14.9. The molecule has 1 saturated heterocycles. The zero-order chi connectivity index (χ0) is 21.8. The molecule has 0 unspecified atom stereocenters. The number of nitrogens with zero attached hydrogens (tertiary/aromatic N) is 5. The number of H-pyrrole nitrogens is 1. The molecule has 10 heteroatoms. The van der Waals surface area contributed by atoms with E-state index in [-0.39, 0.29) is 17.5 Å². The molecule has 3 N–H and O–H groups in total. The molecule has 0 bridgehead atoms. The van der Waals surface area contributed by atoms with Crippen molar-refractivity contribution in [2.45, 2.75) is 13.5 Å². The van der Waals surface area contributed by atoms with Gasteiger partial charge in [-0.15, -0.1) is 0 Å². The Bertz CT molecular complexity index is 1050. The summed E-state index contributed by atoms with van der Waals surface area (Å²) >= 11 is 0. The molecular formula is C21H25FN8O. The van der Waals surface area contributed by atoms with Gasteiger partial charge in [-0.2, -0.15) is 0 Å². The summed E-state index contributed by atoms with van der Waals surface area (Å²) in [5.74, 6) is 0.0403. The van der Waals surface area contributed by atoms with Gasteiger partial charge in [0.25, 0.3) is 5.91 Å². The van der Waals surface area contributed by atoms with Crippen LogP contribution in [0.15, 0.2) is 36.8 Å². The minimum Gasteiger partial charge on any atom is -0.368 e. The van der Waals surface area contributed by atoms with Crippen molar-refractivity contribution >= 4 is 23.4 Å². The van der Waals surface area contributed by atoms with Gasteiger partial charge >= 0.3 is 0 Å². The van der Waals surface area contributed by atoms with E-state index in [4.69, 9.17) is 0 Å². The van der Waals surface area contributed by atoms with Gasteiger partial charge in [-0.3, -0.25) is 9.69 Å². The number of imidazole rings is 1. The van der Waals surface area contributed by atoms with Gasteiger partial charge in [0.2, 0.25) is 5.95 Å². The number of hydrogen-bond donors (Lipinski definition) is 3. The first-order valence-electron chi connectivity index (χ1n) is 10.1. The average Bonchev–Trinajstić information content (AvgIpc) is 3.30. The molecule has 31 heavy (non-hydrogen) atoms. The van der Waals surface area contributed by atoms with Crippen LogP contribution in [0.1, 0.15) is 21.7 Å². The zero-order valence-electron chi connectivity index (χ0n) is 17.5. The number of halogens is 1. The molecule has 0 atom stereocenters. The molecule has 0 saturated carbocycles. The average molecular weight is 424 g/mol. The predicted octanol–water partition coefficient (Wildman–Crippen LogP) is 2.07. The molecule has 4 heterocycles.